The van der Waals surface area contributed by atoms with Crippen LogP contribution in [0.4, 0.5) is 0 Å². The van der Waals surface area contributed by atoms with E-state index in [1.54, 1.807) is 0 Å². The minimum Gasteiger partial charge on any atom is -0.189 e. The largest absolute Gasteiger partial charge is 0.213 e. The summed E-state index contributed by atoms with van der Waals surface area (Å²) in [6, 6.07) is 27.9. The van der Waals surface area contributed by atoms with Gasteiger partial charge < -0.3 is 0 Å². The predicted octanol–water partition coefficient (Wildman–Crippen LogP) is 8.02. The van der Waals surface area contributed by atoms with Gasteiger partial charge in [-0.2, -0.15) is 4.57 Å². The summed E-state index contributed by atoms with van der Waals surface area (Å²) in [7, 11) is 0. The van der Waals surface area contributed by atoms with Crippen molar-refractivity contribution in [2.24, 2.45) is 0 Å². The highest BCUT2D eigenvalue weighted by molar-refractivity contribution is 5.85. The van der Waals surface area contributed by atoms with Gasteiger partial charge in [-0.15, -0.1) is 0 Å². The van der Waals surface area contributed by atoms with Gasteiger partial charge in [0.2, 0.25) is 11.2 Å². The molecule has 0 spiro atoms. The van der Waals surface area contributed by atoms with Crippen LogP contribution in [0.2, 0.25) is 0 Å². The van der Waals surface area contributed by atoms with Gasteiger partial charge in [-0.1, -0.05) is 70.5 Å². The van der Waals surface area contributed by atoms with Crippen molar-refractivity contribution in [3.8, 4) is 22.4 Å². The number of rotatable bonds is 5. The van der Waals surface area contributed by atoms with Crippen LogP contribution in [-0.2, 0) is 11.8 Å². The summed E-state index contributed by atoms with van der Waals surface area (Å²) < 4.78 is 2.57. The van der Waals surface area contributed by atoms with Crippen molar-refractivity contribution >= 4 is 10.9 Å². The fourth-order valence-corrected chi connectivity index (χ4v) is 5.61. The van der Waals surface area contributed by atoms with E-state index < -0.39 is 0 Å². The summed E-state index contributed by atoms with van der Waals surface area (Å²) in [6.07, 6.45) is 3.35. The first kappa shape index (κ1) is 20.9. The van der Waals surface area contributed by atoms with Crippen LogP contribution in [-0.4, -0.2) is 0 Å². The van der Waals surface area contributed by atoms with Gasteiger partial charge in [-0.05, 0) is 65.4 Å². The third-order valence-electron chi connectivity index (χ3n) is 7.51. The van der Waals surface area contributed by atoms with E-state index >= 15 is 0 Å². The minimum atomic E-state index is 0.0173. The molecule has 1 unspecified atom stereocenters. The topological polar surface area (TPSA) is 3.88 Å². The molecule has 4 aromatic rings. The molecule has 32 heavy (non-hydrogen) atoms. The van der Waals surface area contributed by atoms with Crippen LogP contribution in [0.3, 0.4) is 0 Å². The molecule has 1 heterocycles. The average molecular weight is 421 g/mol. The number of nitrogens with zero attached hydrogens (tertiary/aromatic N) is 1. The highest BCUT2D eigenvalue weighted by atomic mass is 15.0. The van der Waals surface area contributed by atoms with Gasteiger partial charge in [0, 0.05) is 34.9 Å². The van der Waals surface area contributed by atoms with Gasteiger partial charge in [-0.25, -0.2) is 0 Å². The smallest absolute Gasteiger partial charge is 0.189 e. The molecule has 1 aliphatic carbocycles. The molecule has 1 aliphatic rings. The monoisotopic (exact) mass is 420 g/mol. The maximum Gasteiger partial charge on any atom is 0.213 e. The number of fused-ring (bicyclic) bond motifs is 4. The van der Waals surface area contributed by atoms with Crippen molar-refractivity contribution in [2.45, 2.75) is 65.3 Å². The van der Waals surface area contributed by atoms with Gasteiger partial charge in [0.1, 0.15) is 0 Å². The van der Waals surface area contributed by atoms with Crippen LogP contribution >= 0.6 is 0 Å². The molecule has 1 heteroatoms. The van der Waals surface area contributed by atoms with Gasteiger partial charge in [0.15, 0.2) is 6.04 Å². The van der Waals surface area contributed by atoms with Crippen LogP contribution in [0.15, 0.2) is 72.8 Å². The molecule has 3 aromatic carbocycles. The van der Waals surface area contributed by atoms with Crippen LogP contribution in [0.1, 0.15) is 70.2 Å². The zero-order valence-corrected chi connectivity index (χ0v) is 20.1. The molecule has 0 aliphatic heterocycles. The van der Waals surface area contributed by atoms with Crippen molar-refractivity contribution in [3.05, 3.63) is 89.5 Å². The number of para-hydroxylation sites is 1. The highest BCUT2D eigenvalue weighted by Gasteiger charge is 2.37. The van der Waals surface area contributed by atoms with Gasteiger partial charge in [-0.3, -0.25) is 0 Å². The van der Waals surface area contributed by atoms with E-state index in [1.807, 2.05) is 0 Å². The first-order valence-corrected chi connectivity index (χ1v) is 12.2. The summed E-state index contributed by atoms with van der Waals surface area (Å²) >= 11 is 0. The van der Waals surface area contributed by atoms with E-state index in [2.05, 4.69) is 112 Å². The molecule has 0 bridgehead atoms. The Balaban J connectivity index is 1.83. The quantitative estimate of drug-likeness (QED) is 0.288. The first-order chi connectivity index (χ1) is 15.5. The normalized spacial score (nSPS) is 14.9. The SMILES string of the molecule is CCCc1cc2c(cc1-c1ccc3ccccc3[n+]1C(C)CC)C(C)(C)c1ccccc1-2. The molecule has 0 N–H and O–H groups in total. The summed E-state index contributed by atoms with van der Waals surface area (Å²) in [5.41, 5.74) is 11.3. The minimum absolute atomic E-state index is 0.0173. The molecule has 0 fully saturated rings. The fourth-order valence-electron chi connectivity index (χ4n) is 5.61. The van der Waals surface area contributed by atoms with Crippen LogP contribution < -0.4 is 4.57 Å². The zero-order valence-electron chi connectivity index (χ0n) is 20.1. The van der Waals surface area contributed by atoms with Gasteiger partial charge >= 0.3 is 0 Å². The molecule has 0 radical (unpaired) electrons. The summed E-state index contributed by atoms with van der Waals surface area (Å²) in [5, 5.41) is 1.31. The Morgan fingerprint density at radius 1 is 0.781 bits per heavy atom. The van der Waals surface area contributed by atoms with E-state index in [4.69, 9.17) is 0 Å². The first-order valence-electron chi connectivity index (χ1n) is 12.2. The lowest BCUT2D eigenvalue weighted by Crippen LogP contribution is -2.41. The second-order valence-electron chi connectivity index (χ2n) is 9.88. The molecule has 0 saturated heterocycles. The van der Waals surface area contributed by atoms with Crippen LogP contribution in [0.5, 0.6) is 0 Å². The zero-order chi connectivity index (χ0) is 22.5. The molecular weight excluding hydrogens is 386 g/mol. The Labute approximate surface area is 192 Å². The maximum atomic E-state index is 2.57. The molecule has 5 rings (SSSR count). The third-order valence-corrected chi connectivity index (χ3v) is 7.51. The Bertz CT molecular complexity index is 1310. The fraction of sp³-hybridized carbons (Fsp3) is 0.323. The molecule has 1 nitrogen and oxygen atoms in total. The average Bonchev–Trinajstić information content (AvgIpc) is 3.04. The molecule has 0 saturated carbocycles. The maximum absolute atomic E-state index is 2.57. The van der Waals surface area contributed by atoms with Crippen molar-refractivity contribution in [2.75, 3.05) is 0 Å². The Morgan fingerprint density at radius 2 is 1.53 bits per heavy atom. The van der Waals surface area contributed by atoms with Crippen LogP contribution in [0, 0.1) is 0 Å². The van der Waals surface area contributed by atoms with E-state index in [0.717, 1.165) is 19.3 Å². The summed E-state index contributed by atoms with van der Waals surface area (Å²) in [4.78, 5) is 0. The lowest BCUT2D eigenvalue weighted by Gasteiger charge is -2.23. The van der Waals surface area contributed by atoms with E-state index in [1.165, 1.54) is 50.0 Å². The number of hydrogen-bond acceptors (Lipinski definition) is 0. The number of aromatic nitrogens is 1. The molecule has 162 valence electrons. The van der Waals surface area contributed by atoms with E-state index in [0.29, 0.717) is 6.04 Å². The standard InChI is InChI=1S/C31H34N/c1-6-12-23-19-26-24-14-9-10-15-27(24)31(4,5)28(26)20-25(23)30-18-17-22-13-8-11-16-29(22)32(30)21(3)7-2/h8-11,13-21H,6-7,12H2,1-5H3/q+1. The Morgan fingerprint density at radius 3 is 2.31 bits per heavy atom. The second kappa shape index (κ2) is 7.89. The predicted molar refractivity (Wildman–Crippen MR) is 136 cm³/mol. The highest BCUT2D eigenvalue weighted by Crippen LogP contribution is 2.50. The van der Waals surface area contributed by atoms with Crippen molar-refractivity contribution in [1.82, 2.24) is 0 Å². The van der Waals surface area contributed by atoms with Gasteiger partial charge in [0.05, 0.1) is 0 Å². The van der Waals surface area contributed by atoms with Crippen molar-refractivity contribution in [3.63, 3.8) is 0 Å². The number of benzene rings is 3. The lowest BCUT2D eigenvalue weighted by molar-refractivity contribution is -0.684. The second-order valence-corrected chi connectivity index (χ2v) is 9.88. The van der Waals surface area contributed by atoms with Crippen molar-refractivity contribution in [1.29, 1.82) is 0 Å². The molecule has 1 atom stereocenters. The third kappa shape index (κ3) is 3.10. The summed E-state index contributed by atoms with van der Waals surface area (Å²) in [5.74, 6) is 0. The number of aryl methyl sites for hydroxylation is 1. The molecule has 0 amide bonds. The Kier molecular flexibility index (Phi) is 5.16. The Hall–Kier alpha value is -2.93. The van der Waals surface area contributed by atoms with Crippen molar-refractivity contribution < 1.29 is 4.57 Å². The van der Waals surface area contributed by atoms with E-state index in [9.17, 15) is 0 Å². The van der Waals surface area contributed by atoms with Gasteiger partial charge in [0.25, 0.3) is 0 Å². The molecular formula is C31H34N+. The van der Waals surface area contributed by atoms with Crippen LogP contribution in [0.25, 0.3) is 33.3 Å². The summed E-state index contributed by atoms with van der Waals surface area (Å²) in [6.45, 7) is 11.7. The number of pyridine rings is 1. The number of hydrogen-bond donors (Lipinski definition) is 0. The lowest BCUT2D eigenvalue weighted by atomic mass is 9.81. The van der Waals surface area contributed by atoms with E-state index in [-0.39, 0.29) is 5.41 Å². The molecule has 1 aromatic heterocycles.